The van der Waals surface area contributed by atoms with Gasteiger partial charge in [-0.15, -0.1) is 0 Å². The van der Waals surface area contributed by atoms with E-state index in [9.17, 15) is 8.78 Å². The average Bonchev–Trinajstić information content (AvgIpc) is 2.20. The minimum absolute atomic E-state index is 0.351. The molecular weight excluding hydrogens is 278 g/mol. The largest absolute Gasteiger partial charge is 0.354 e. The third-order valence-corrected chi connectivity index (χ3v) is 2.55. The number of anilines is 2. The monoisotopic (exact) mass is 284 g/mol. The Kier molecular flexibility index (Phi) is 3.14. The summed E-state index contributed by atoms with van der Waals surface area (Å²) >= 11 is 3.28. The van der Waals surface area contributed by atoms with E-state index in [0.717, 1.165) is 10.5 Å². The molecule has 16 heavy (non-hydrogen) atoms. The van der Waals surface area contributed by atoms with Crippen LogP contribution in [0, 0.1) is 11.6 Å². The van der Waals surface area contributed by atoms with Gasteiger partial charge in [-0.3, -0.25) is 4.98 Å². The predicted octanol–water partition coefficient (Wildman–Crippen LogP) is 3.87. The van der Waals surface area contributed by atoms with Crippen LogP contribution >= 0.6 is 15.9 Å². The van der Waals surface area contributed by atoms with Crippen molar-refractivity contribution < 1.29 is 8.78 Å². The molecular formula is C11H7BrF2N2. The van der Waals surface area contributed by atoms with Gasteiger partial charge in [0.05, 0.1) is 10.2 Å². The average molecular weight is 285 g/mol. The van der Waals surface area contributed by atoms with Crippen molar-refractivity contribution in [1.82, 2.24) is 4.98 Å². The van der Waals surface area contributed by atoms with Gasteiger partial charge >= 0.3 is 0 Å². The molecule has 1 N–H and O–H groups in total. The Labute approximate surface area is 99.5 Å². The van der Waals surface area contributed by atoms with Crippen LogP contribution in [0.15, 0.2) is 41.1 Å². The number of hydrogen-bond acceptors (Lipinski definition) is 2. The molecule has 0 aliphatic heterocycles. The molecule has 0 aliphatic rings. The van der Waals surface area contributed by atoms with Crippen molar-refractivity contribution in [1.29, 1.82) is 0 Å². The third-order valence-electron chi connectivity index (χ3n) is 1.91. The van der Waals surface area contributed by atoms with Crippen molar-refractivity contribution in [3.63, 3.8) is 0 Å². The molecule has 2 rings (SSSR count). The van der Waals surface area contributed by atoms with Gasteiger partial charge in [0, 0.05) is 24.1 Å². The third kappa shape index (κ3) is 2.55. The zero-order chi connectivity index (χ0) is 11.5. The van der Waals surface area contributed by atoms with Crippen LogP contribution in [0.2, 0.25) is 0 Å². The molecule has 0 fully saturated rings. The van der Waals surface area contributed by atoms with Gasteiger partial charge in [0.25, 0.3) is 0 Å². The maximum atomic E-state index is 12.9. The summed E-state index contributed by atoms with van der Waals surface area (Å²) in [6.07, 6.45) is 3.18. The second-order valence-electron chi connectivity index (χ2n) is 3.14. The molecule has 0 saturated heterocycles. The van der Waals surface area contributed by atoms with E-state index in [1.165, 1.54) is 12.1 Å². The molecule has 0 bridgehead atoms. The molecule has 0 radical (unpaired) electrons. The summed E-state index contributed by atoms with van der Waals surface area (Å²) in [4.78, 5) is 3.89. The van der Waals surface area contributed by atoms with Gasteiger partial charge in [-0.1, -0.05) is 0 Å². The number of halogens is 3. The lowest BCUT2D eigenvalue weighted by molar-refractivity contribution is 0.584. The molecule has 0 amide bonds. The van der Waals surface area contributed by atoms with Crippen LogP contribution in [0.1, 0.15) is 0 Å². The Morgan fingerprint density at radius 2 is 1.81 bits per heavy atom. The molecule has 1 heterocycles. The fourth-order valence-electron chi connectivity index (χ4n) is 1.26. The predicted molar refractivity (Wildman–Crippen MR) is 61.6 cm³/mol. The smallest absolute Gasteiger partial charge is 0.128 e. The second kappa shape index (κ2) is 4.57. The Balaban J connectivity index is 2.30. The van der Waals surface area contributed by atoms with Crippen LogP contribution in [0.5, 0.6) is 0 Å². The van der Waals surface area contributed by atoms with E-state index in [1.807, 2.05) is 0 Å². The van der Waals surface area contributed by atoms with E-state index in [0.29, 0.717) is 11.4 Å². The Morgan fingerprint density at radius 1 is 1.12 bits per heavy atom. The maximum absolute atomic E-state index is 12.9. The van der Waals surface area contributed by atoms with Gasteiger partial charge in [0.1, 0.15) is 11.6 Å². The van der Waals surface area contributed by atoms with Crippen molar-refractivity contribution in [2.24, 2.45) is 0 Å². The highest BCUT2D eigenvalue weighted by atomic mass is 79.9. The number of pyridine rings is 1. The lowest BCUT2D eigenvalue weighted by Gasteiger charge is -2.08. The van der Waals surface area contributed by atoms with Crippen molar-refractivity contribution >= 4 is 27.3 Å². The first-order valence-electron chi connectivity index (χ1n) is 4.48. The van der Waals surface area contributed by atoms with Gasteiger partial charge in [-0.05, 0) is 34.1 Å². The number of rotatable bonds is 2. The molecule has 2 nitrogen and oxygen atoms in total. The zero-order valence-corrected chi connectivity index (χ0v) is 9.63. The molecule has 5 heteroatoms. The molecule has 0 atom stereocenters. The molecule has 0 unspecified atom stereocenters. The van der Waals surface area contributed by atoms with E-state index in [-0.39, 0.29) is 0 Å². The van der Waals surface area contributed by atoms with Crippen LogP contribution in [0.4, 0.5) is 20.2 Å². The molecule has 0 aliphatic carbocycles. The van der Waals surface area contributed by atoms with E-state index in [4.69, 9.17) is 0 Å². The number of aromatic nitrogens is 1. The van der Waals surface area contributed by atoms with Crippen LogP contribution in [0.3, 0.4) is 0 Å². The highest BCUT2D eigenvalue weighted by Gasteiger charge is 2.03. The second-order valence-corrected chi connectivity index (χ2v) is 3.99. The normalized spacial score (nSPS) is 10.2. The fourth-order valence-corrected chi connectivity index (χ4v) is 1.61. The number of benzene rings is 1. The highest BCUT2D eigenvalue weighted by molar-refractivity contribution is 9.10. The van der Waals surface area contributed by atoms with Crippen LogP contribution in [0.25, 0.3) is 0 Å². The molecule has 0 saturated carbocycles. The van der Waals surface area contributed by atoms with Crippen LogP contribution in [-0.2, 0) is 0 Å². The zero-order valence-electron chi connectivity index (χ0n) is 8.05. The Hall–Kier alpha value is -1.49. The minimum Gasteiger partial charge on any atom is -0.354 e. The summed E-state index contributed by atoms with van der Waals surface area (Å²) in [7, 11) is 0. The van der Waals surface area contributed by atoms with E-state index < -0.39 is 11.6 Å². The SMILES string of the molecule is Fc1cc(F)cc(Nc2ccncc2Br)c1. The van der Waals surface area contributed by atoms with Gasteiger partial charge in [0.2, 0.25) is 0 Å². The number of nitrogens with zero attached hydrogens (tertiary/aromatic N) is 1. The molecule has 82 valence electrons. The first-order chi connectivity index (χ1) is 7.65. The first kappa shape index (κ1) is 11.0. The quantitative estimate of drug-likeness (QED) is 0.906. The summed E-state index contributed by atoms with van der Waals surface area (Å²) in [6.45, 7) is 0. The molecule has 1 aromatic heterocycles. The lowest BCUT2D eigenvalue weighted by atomic mass is 10.3. The standard InChI is InChI=1S/C11H7BrF2N2/c12-10-6-15-2-1-11(10)16-9-4-7(13)3-8(14)5-9/h1-6H,(H,15,16). The van der Waals surface area contributed by atoms with Gasteiger partial charge in [0.15, 0.2) is 0 Å². The van der Waals surface area contributed by atoms with Crippen molar-refractivity contribution in [2.75, 3.05) is 5.32 Å². The Morgan fingerprint density at radius 3 is 2.44 bits per heavy atom. The van der Waals surface area contributed by atoms with Crippen molar-refractivity contribution in [3.8, 4) is 0 Å². The van der Waals surface area contributed by atoms with Gasteiger partial charge in [-0.25, -0.2) is 8.78 Å². The Bertz CT molecular complexity index is 497. The van der Waals surface area contributed by atoms with Crippen molar-refractivity contribution in [2.45, 2.75) is 0 Å². The van der Waals surface area contributed by atoms with E-state index in [1.54, 1.807) is 18.5 Å². The van der Waals surface area contributed by atoms with Crippen molar-refractivity contribution in [3.05, 3.63) is 52.8 Å². The summed E-state index contributed by atoms with van der Waals surface area (Å²) in [6, 6.07) is 4.96. The van der Waals surface area contributed by atoms with Crippen LogP contribution in [-0.4, -0.2) is 4.98 Å². The lowest BCUT2D eigenvalue weighted by Crippen LogP contribution is -1.93. The van der Waals surface area contributed by atoms with Gasteiger partial charge < -0.3 is 5.32 Å². The molecule has 2 aromatic rings. The minimum atomic E-state index is -0.618. The summed E-state index contributed by atoms with van der Waals surface area (Å²) in [5.74, 6) is -1.24. The van der Waals surface area contributed by atoms with Gasteiger partial charge in [-0.2, -0.15) is 0 Å². The topological polar surface area (TPSA) is 24.9 Å². The number of hydrogen-bond donors (Lipinski definition) is 1. The molecule has 1 aromatic carbocycles. The summed E-state index contributed by atoms with van der Waals surface area (Å²) < 4.78 is 26.6. The number of nitrogens with one attached hydrogen (secondary N) is 1. The van der Waals surface area contributed by atoms with E-state index >= 15 is 0 Å². The fraction of sp³-hybridized carbons (Fsp3) is 0. The first-order valence-corrected chi connectivity index (χ1v) is 5.27. The van der Waals surface area contributed by atoms with Crippen LogP contribution < -0.4 is 5.32 Å². The summed E-state index contributed by atoms with van der Waals surface area (Å²) in [5.41, 5.74) is 1.05. The highest BCUT2D eigenvalue weighted by Crippen LogP contribution is 2.25. The van der Waals surface area contributed by atoms with E-state index in [2.05, 4.69) is 26.2 Å². The maximum Gasteiger partial charge on any atom is 0.128 e. The molecule has 0 spiro atoms. The summed E-state index contributed by atoms with van der Waals surface area (Å²) in [5, 5.41) is 2.89.